The van der Waals surface area contributed by atoms with E-state index in [4.69, 9.17) is 20.4 Å². The van der Waals surface area contributed by atoms with E-state index in [2.05, 4.69) is 5.43 Å². The number of carbonyl (C=O) groups excluding carboxylic acids is 1. The standard InChI is InChI=1S/C11H22N2O4/c1-7-6-10(3,4)16-17-11(5,15-7)8(2)9(14)13-12/h7-8H,6,12H2,1-5H3,(H,13,14). The molecule has 3 N–H and O–H groups in total. The molecule has 0 aliphatic carbocycles. The number of nitrogens with two attached hydrogens (primary N) is 1. The molecule has 3 atom stereocenters. The molecule has 0 saturated carbocycles. The minimum Gasteiger partial charge on any atom is -0.344 e. The Bertz CT molecular complexity index is 295. The highest BCUT2D eigenvalue weighted by Gasteiger charge is 2.45. The summed E-state index contributed by atoms with van der Waals surface area (Å²) >= 11 is 0. The van der Waals surface area contributed by atoms with E-state index in [0.717, 1.165) is 0 Å². The van der Waals surface area contributed by atoms with Crippen LogP contribution in [0, 0.1) is 5.92 Å². The zero-order chi connectivity index (χ0) is 13.3. The van der Waals surface area contributed by atoms with Gasteiger partial charge in [-0.1, -0.05) is 0 Å². The highest BCUT2D eigenvalue weighted by Crippen LogP contribution is 2.34. The average molecular weight is 246 g/mol. The average Bonchev–Trinajstić information content (AvgIpc) is 2.33. The minimum absolute atomic E-state index is 0.0782. The molecule has 1 aliphatic heterocycles. The number of nitrogens with one attached hydrogen (secondary N) is 1. The van der Waals surface area contributed by atoms with Crippen molar-refractivity contribution in [3.63, 3.8) is 0 Å². The summed E-state index contributed by atoms with van der Waals surface area (Å²) in [6.07, 6.45) is 0.602. The lowest BCUT2D eigenvalue weighted by atomic mass is 10.00. The predicted molar refractivity (Wildman–Crippen MR) is 61.3 cm³/mol. The first-order valence-corrected chi connectivity index (χ1v) is 5.75. The molecular formula is C11H22N2O4. The second kappa shape index (κ2) is 4.89. The van der Waals surface area contributed by atoms with E-state index in [-0.39, 0.29) is 12.0 Å². The van der Waals surface area contributed by atoms with Crippen molar-refractivity contribution in [1.29, 1.82) is 0 Å². The summed E-state index contributed by atoms with van der Waals surface area (Å²) in [5.41, 5.74) is 1.64. The van der Waals surface area contributed by atoms with Gasteiger partial charge >= 0.3 is 0 Å². The monoisotopic (exact) mass is 246 g/mol. The van der Waals surface area contributed by atoms with E-state index in [1.165, 1.54) is 0 Å². The fourth-order valence-corrected chi connectivity index (χ4v) is 1.92. The second-order valence-corrected chi connectivity index (χ2v) is 5.31. The predicted octanol–water partition coefficient (Wildman–Crippen LogP) is 0.864. The van der Waals surface area contributed by atoms with Gasteiger partial charge in [-0.3, -0.25) is 10.2 Å². The van der Waals surface area contributed by atoms with Gasteiger partial charge in [-0.05, 0) is 34.6 Å². The summed E-state index contributed by atoms with van der Waals surface area (Å²) in [5, 5.41) is 0. The minimum atomic E-state index is -1.14. The van der Waals surface area contributed by atoms with Crippen molar-refractivity contribution in [3.05, 3.63) is 0 Å². The Labute approximate surface area is 102 Å². The molecule has 1 rings (SSSR count). The van der Waals surface area contributed by atoms with E-state index in [1.54, 1.807) is 13.8 Å². The van der Waals surface area contributed by atoms with E-state index >= 15 is 0 Å². The topological polar surface area (TPSA) is 82.8 Å². The van der Waals surface area contributed by atoms with Crippen molar-refractivity contribution < 1.29 is 19.3 Å². The molecule has 17 heavy (non-hydrogen) atoms. The Morgan fingerprint density at radius 3 is 2.53 bits per heavy atom. The van der Waals surface area contributed by atoms with Gasteiger partial charge in [-0.2, -0.15) is 4.89 Å². The molecule has 1 fully saturated rings. The maximum atomic E-state index is 11.5. The largest absolute Gasteiger partial charge is 0.344 e. The van der Waals surface area contributed by atoms with Crippen LogP contribution in [-0.4, -0.2) is 23.4 Å². The fraction of sp³-hybridized carbons (Fsp3) is 0.909. The summed E-state index contributed by atoms with van der Waals surface area (Å²) in [4.78, 5) is 22.2. The Morgan fingerprint density at radius 1 is 1.41 bits per heavy atom. The molecule has 0 radical (unpaired) electrons. The molecule has 3 unspecified atom stereocenters. The highest BCUT2D eigenvalue weighted by molar-refractivity contribution is 5.78. The van der Waals surface area contributed by atoms with Gasteiger partial charge in [0.2, 0.25) is 11.7 Å². The van der Waals surface area contributed by atoms with Crippen molar-refractivity contribution >= 4 is 5.91 Å². The summed E-state index contributed by atoms with van der Waals surface area (Å²) in [6, 6.07) is 0. The van der Waals surface area contributed by atoms with Gasteiger partial charge in [-0.15, -0.1) is 0 Å². The van der Waals surface area contributed by atoms with E-state index in [1.807, 2.05) is 20.8 Å². The number of rotatable bonds is 2. The molecule has 1 saturated heterocycles. The maximum Gasteiger partial charge on any atom is 0.242 e. The zero-order valence-corrected chi connectivity index (χ0v) is 11.1. The molecule has 0 aromatic rings. The molecule has 0 bridgehead atoms. The second-order valence-electron chi connectivity index (χ2n) is 5.31. The molecule has 1 heterocycles. The Balaban J connectivity index is 2.85. The van der Waals surface area contributed by atoms with E-state index in [0.29, 0.717) is 6.42 Å². The molecule has 0 aromatic carbocycles. The molecule has 100 valence electrons. The smallest absolute Gasteiger partial charge is 0.242 e. The number of hydrogen-bond acceptors (Lipinski definition) is 5. The van der Waals surface area contributed by atoms with Crippen LogP contribution in [0.15, 0.2) is 0 Å². The quantitative estimate of drug-likeness (QED) is 0.327. The van der Waals surface area contributed by atoms with Crippen LogP contribution in [0.3, 0.4) is 0 Å². The van der Waals surface area contributed by atoms with Gasteiger partial charge in [0.15, 0.2) is 0 Å². The van der Waals surface area contributed by atoms with Crippen molar-refractivity contribution in [2.24, 2.45) is 11.8 Å². The van der Waals surface area contributed by atoms with Crippen molar-refractivity contribution in [1.82, 2.24) is 5.43 Å². The lowest BCUT2D eigenvalue weighted by Crippen LogP contribution is -2.49. The Morgan fingerprint density at radius 2 is 2.00 bits per heavy atom. The normalized spacial score (nSPS) is 34.8. The first-order valence-electron chi connectivity index (χ1n) is 5.75. The zero-order valence-electron chi connectivity index (χ0n) is 11.1. The molecule has 1 amide bonds. The molecule has 0 spiro atoms. The van der Waals surface area contributed by atoms with Gasteiger partial charge in [0.1, 0.15) is 5.60 Å². The molecule has 6 heteroatoms. The van der Waals surface area contributed by atoms with Crippen LogP contribution in [0.2, 0.25) is 0 Å². The van der Waals surface area contributed by atoms with Crippen LogP contribution < -0.4 is 11.3 Å². The van der Waals surface area contributed by atoms with Gasteiger partial charge in [0.25, 0.3) is 0 Å². The maximum absolute atomic E-state index is 11.5. The third kappa shape index (κ3) is 3.38. The Hall–Kier alpha value is -0.690. The van der Waals surface area contributed by atoms with Crippen molar-refractivity contribution in [2.75, 3.05) is 0 Å². The highest BCUT2D eigenvalue weighted by atomic mass is 17.2. The van der Waals surface area contributed by atoms with Crippen LogP contribution in [0.5, 0.6) is 0 Å². The van der Waals surface area contributed by atoms with Crippen LogP contribution in [0.25, 0.3) is 0 Å². The van der Waals surface area contributed by atoms with Crippen LogP contribution in [-0.2, 0) is 19.3 Å². The fourth-order valence-electron chi connectivity index (χ4n) is 1.92. The summed E-state index contributed by atoms with van der Waals surface area (Å²) in [6.45, 7) is 9.09. The summed E-state index contributed by atoms with van der Waals surface area (Å²) in [5.74, 6) is 3.03. The van der Waals surface area contributed by atoms with Crippen LogP contribution in [0.4, 0.5) is 0 Å². The molecule has 6 nitrogen and oxygen atoms in total. The van der Waals surface area contributed by atoms with Crippen LogP contribution in [0.1, 0.15) is 41.0 Å². The van der Waals surface area contributed by atoms with Crippen molar-refractivity contribution in [2.45, 2.75) is 58.5 Å². The number of hydrazine groups is 1. The number of hydrogen-bond donors (Lipinski definition) is 2. The molecule has 1 aliphatic rings. The number of amides is 1. The lowest BCUT2D eigenvalue weighted by Gasteiger charge is -2.32. The van der Waals surface area contributed by atoms with Crippen molar-refractivity contribution in [3.8, 4) is 0 Å². The lowest BCUT2D eigenvalue weighted by molar-refractivity contribution is -0.449. The van der Waals surface area contributed by atoms with Gasteiger partial charge in [0, 0.05) is 6.42 Å². The number of carbonyl (C=O) groups is 1. The van der Waals surface area contributed by atoms with Gasteiger partial charge in [-0.25, -0.2) is 10.7 Å². The number of ether oxygens (including phenoxy) is 1. The van der Waals surface area contributed by atoms with E-state index < -0.39 is 17.3 Å². The molecular weight excluding hydrogens is 224 g/mol. The van der Waals surface area contributed by atoms with Gasteiger partial charge < -0.3 is 4.74 Å². The third-order valence-electron chi connectivity index (χ3n) is 2.97. The summed E-state index contributed by atoms with van der Waals surface area (Å²) in [7, 11) is 0. The Kier molecular flexibility index (Phi) is 4.14. The molecule has 0 aromatic heterocycles. The van der Waals surface area contributed by atoms with Crippen LogP contribution >= 0.6 is 0 Å². The first-order chi connectivity index (χ1) is 7.70. The summed E-state index contributed by atoms with van der Waals surface area (Å²) < 4.78 is 5.76. The third-order valence-corrected chi connectivity index (χ3v) is 2.97. The van der Waals surface area contributed by atoms with Gasteiger partial charge in [0.05, 0.1) is 12.0 Å². The van der Waals surface area contributed by atoms with E-state index in [9.17, 15) is 4.79 Å². The SMILES string of the molecule is CC1CC(C)(C)OOC(C)(C(C)C(=O)NN)O1. The first kappa shape index (κ1) is 14.4.